The summed E-state index contributed by atoms with van der Waals surface area (Å²) in [5.41, 5.74) is 6.93. The molecule has 0 amide bonds. The highest BCUT2D eigenvalue weighted by molar-refractivity contribution is 6.35. The molecule has 0 aliphatic carbocycles. The second kappa shape index (κ2) is 18.5. The summed E-state index contributed by atoms with van der Waals surface area (Å²) in [5.74, 6) is 3.49. The predicted octanol–water partition coefficient (Wildman–Crippen LogP) is 10.1. The highest BCUT2D eigenvalue weighted by Gasteiger charge is 2.20. The third-order valence-corrected chi connectivity index (χ3v) is 10.6. The van der Waals surface area contributed by atoms with Crippen molar-refractivity contribution < 1.29 is 18.6 Å². The lowest BCUT2D eigenvalue weighted by Crippen LogP contribution is -2.34. The van der Waals surface area contributed by atoms with Crippen LogP contribution in [0.3, 0.4) is 0 Å². The molecule has 4 aromatic carbocycles. The van der Waals surface area contributed by atoms with Crippen LogP contribution in [0.2, 0.25) is 10.0 Å². The number of aromatic nitrogens is 2. The van der Waals surface area contributed by atoms with Gasteiger partial charge in [-0.15, -0.1) is 0 Å². The van der Waals surface area contributed by atoms with Crippen LogP contribution in [-0.4, -0.2) is 41.6 Å². The Hall–Kier alpha value is -5.37. The second-order valence-corrected chi connectivity index (χ2v) is 14.8. The maximum Gasteiger partial charge on any atom is 0.208 e. The molecule has 0 saturated carbocycles. The van der Waals surface area contributed by atoms with Crippen molar-refractivity contribution in [2.45, 2.75) is 46.1 Å². The standard InChI is InChI=1S/C45H43Cl2N5O4/c1-30-35(12-6-13-37(30)38-14-7-15-40(45(38)47)53-27-31-9-8-16-52(2)26-31)29-55-42-19-41(54-28-33-17-32(20-48)21-49-22-33)36(18-39(42)46)23-50-25-44-51-24-43(56-44)34-10-4-3-5-11-34/h3-7,10-15,17-19,21-22,24,31,50H,8-9,16,23,25-29H2,1-2H3. The van der Waals surface area contributed by atoms with E-state index < -0.39 is 0 Å². The van der Waals surface area contributed by atoms with E-state index in [0.29, 0.717) is 70.1 Å². The molecule has 3 heterocycles. The van der Waals surface area contributed by atoms with Gasteiger partial charge in [-0.25, -0.2) is 4.98 Å². The van der Waals surface area contributed by atoms with Gasteiger partial charge in [-0.3, -0.25) is 4.98 Å². The molecule has 7 rings (SSSR count). The summed E-state index contributed by atoms with van der Waals surface area (Å²) < 4.78 is 25.0. The Kier molecular flexibility index (Phi) is 12.9. The van der Waals surface area contributed by atoms with E-state index >= 15 is 0 Å². The Morgan fingerprint density at radius 2 is 1.68 bits per heavy atom. The van der Waals surface area contributed by atoms with E-state index in [4.69, 9.17) is 41.8 Å². The van der Waals surface area contributed by atoms with Crippen molar-refractivity contribution in [1.82, 2.24) is 20.2 Å². The number of rotatable bonds is 15. The van der Waals surface area contributed by atoms with Crippen molar-refractivity contribution in [3.05, 3.63) is 147 Å². The van der Waals surface area contributed by atoms with Crippen LogP contribution in [0.4, 0.5) is 0 Å². The zero-order chi connectivity index (χ0) is 38.9. The molecule has 1 N–H and O–H groups in total. The van der Waals surface area contributed by atoms with Gasteiger partial charge in [-0.2, -0.15) is 5.26 Å². The summed E-state index contributed by atoms with van der Waals surface area (Å²) in [6, 6.07) is 29.4. The fourth-order valence-corrected chi connectivity index (χ4v) is 7.44. The van der Waals surface area contributed by atoms with Gasteiger partial charge in [0.2, 0.25) is 5.89 Å². The first kappa shape index (κ1) is 38.9. The predicted molar refractivity (Wildman–Crippen MR) is 219 cm³/mol. The van der Waals surface area contributed by atoms with Crippen LogP contribution in [0.1, 0.15) is 46.5 Å². The first-order chi connectivity index (χ1) is 27.3. The number of nitrogens with one attached hydrogen (secondary N) is 1. The molecule has 11 heteroatoms. The van der Waals surface area contributed by atoms with Gasteiger partial charge in [0.25, 0.3) is 0 Å². The number of likely N-dealkylation sites (tertiary alicyclic amines) is 1. The maximum absolute atomic E-state index is 9.37. The first-order valence-electron chi connectivity index (χ1n) is 18.7. The molecule has 2 aromatic heterocycles. The van der Waals surface area contributed by atoms with Crippen molar-refractivity contribution in [3.8, 4) is 45.8 Å². The van der Waals surface area contributed by atoms with Crippen LogP contribution in [-0.2, 0) is 26.3 Å². The average Bonchev–Trinajstić information content (AvgIpc) is 3.70. The third kappa shape index (κ3) is 9.70. The number of ether oxygens (including phenoxy) is 3. The fourth-order valence-electron chi connectivity index (χ4n) is 6.91. The molecular formula is C45H43Cl2N5O4. The molecule has 1 aliphatic rings. The summed E-state index contributed by atoms with van der Waals surface area (Å²) in [6.45, 7) is 6.14. The van der Waals surface area contributed by atoms with E-state index in [0.717, 1.165) is 58.5 Å². The minimum absolute atomic E-state index is 0.194. The van der Waals surface area contributed by atoms with E-state index in [1.54, 1.807) is 24.5 Å². The van der Waals surface area contributed by atoms with Gasteiger partial charge < -0.3 is 28.8 Å². The molecule has 56 heavy (non-hydrogen) atoms. The van der Waals surface area contributed by atoms with Crippen LogP contribution >= 0.6 is 23.2 Å². The molecule has 0 radical (unpaired) electrons. The molecule has 0 spiro atoms. The van der Waals surface area contributed by atoms with E-state index in [9.17, 15) is 5.26 Å². The molecule has 286 valence electrons. The fraction of sp³-hybridized carbons (Fsp3) is 0.267. The summed E-state index contributed by atoms with van der Waals surface area (Å²) in [4.78, 5) is 11.0. The van der Waals surface area contributed by atoms with Crippen LogP contribution in [0, 0.1) is 24.2 Å². The quantitative estimate of drug-likeness (QED) is 0.109. The largest absolute Gasteiger partial charge is 0.492 e. The molecule has 9 nitrogen and oxygen atoms in total. The first-order valence-corrected chi connectivity index (χ1v) is 19.4. The monoisotopic (exact) mass is 787 g/mol. The Bertz CT molecular complexity index is 2310. The number of nitrogens with zero attached hydrogens (tertiary/aromatic N) is 4. The number of hydrogen-bond acceptors (Lipinski definition) is 9. The zero-order valence-corrected chi connectivity index (χ0v) is 32.9. The summed E-state index contributed by atoms with van der Waals surface area (Å²) >= 11 is 13.9. The number of benzene rings is 4. The molecule has 1 atom stereocenters. The van der Waals surface area contributed by atoms with Gasteiger partial charge in [0.05, 0.1) is 35.0 Å². The van der Waals surface area contributed by atoms with Gasteiger partial charge in [-0.1, -0.05) is 83.9 Å². The number of halogens is 2. The molecular weight excluding hydrogens is 745 g/mol. The Labute approximate surface area is 337 Å². The Morgan fingerprint density at radius 1 is 0.857 bits per heavy atom. The van der Waals surface area contributed by atoms with Crippen LogP contribution in [0.15, 0.2) is 108 Å². The van der Waals surface area contributed by atoms with Crippen LogP contribution < -0.4 is 19.5 Å². The highest BCUT2D eigenvalue weighted by Crippen LogP contribution is 2.39. The van der Waals surface area contributed by atoms with E-state index in [2.05, 4.69) is 46.3 Å². The van der Waals surface area contributed by atoms with E-state index in [-0.39, 0.29) is 13.2 Å². The smallest absolute Gasteiger partial charge is 0.208 e. The van der Waals surface area contributed by atoms with Crippen LogP contribution in [0.5, 0.6) is 17.2 Å². The van der Waals surface area contributed by atoms with Gasteiger partial charge >= 0.3 is 0 Å². The maximum atomic E-state index is 9.37. The second-order valence-electron chi connectivity index (χ2n) is 14.0. The van der Waals surface area contributed by atoms with Gasteiger partial charge in [0, 0.05) is 59.7 Å². The topological polar surface area (TPSA) is 106 Å². The average molecular weight is 789 g/mol. The molecule has 1 unspecified atom stereocenters. The number of pyridine rings is 1. The molecule has 6 aromatic rings. The lowest BCUT2D eigenvalue weighted by molar-refractivity contribution is 0.150. The zero-order valence-electron chi connectivity index (χ0n) is 31.4. The van der Waals surface area contributed by atoms with Crippen molar-refractivity contribution in [1.29, 1.82) is 5.26 Å². The van der Waals surface area contributed by atoms with E-state index in [1.807, 2.05) is 66.7 Å². The highest BCUT2D eigenvalue weighted by atomic mass is 35.5. The SMILES string of the molecule is Cc1c(COc2cc(OCc3cncc(C#N)c3)c(CNCc3ncc(-c4ccccc4)o3)cc2Cl)cccc1-c1cccc(OCC2CCCN(C)C2)c1Cl. The van der Waals surface area contributed by atoms with Crippen molar-refractivity contribution >= 4 is 23.2 Å². The van der Waals surface area contributed by atoms with Crippen molar-refractivity contribution in [2.75, 3.05) is 26.7 Å². The van der Waals surface area contributed by atoms with Crippen molar-refractivity contribution in [3.63, 3.8) is 0 Å². The Morgan fingerprint density at radius 3 is 2.52 bits per heavy atom. The minimum atomic E-state index is 0.194. The molecule has 0 bridgehead atoms. The van der Waals surface area contributed by atoms with Gasteiger partial charge in [0.1, 0.15) is 36.5 Å². The Balaban J connectivity index is 1.06. The molecule has 1 fully saturated rings. The molecule has 1 saturated heterocycles. The number of nitriles is 1. The number of oxazole rings is 1. The number of hydrogen-bond donors (Lipinski definition) is 1. The van der Waals surface area contributed by atoms with Crippen LogP contribution in [0.25, 0.3) is 22.5 Å². The summed E-state index contributed by atoms with van der Waals surface area (Å²) in [7, 11) is 2.16. The summed E-state index contributed by atoms with van der Waals surface area (Å²) in [5, 5.41) is 13.8. The lowest BCUT2D eigenvalue weighted by Gasteiger charge is -2.29. The minimum Gasteiger partial charge on any atom is -0.492 e. The normalized spacial score (nSPS) is 14.3. The lowest BCUT2D eigenvalue weighted by atomic mass is 9.96. The summed E-state index contributed by atoms with van der Waals surface area (Å²) in [6.07, 6.45) is 7.27. The van der Waals surface area contributed by atoms with E-state index in [1.165, 1.54) is 12.6 Å². The van der Waals surface area contributed by atoms with Crippen molar-refractivity contribution in [2.24, 2.45) is 5.92 Å². The van der Waals surface area contributed by atoms with Gasteiger partial charge in [0.15, 0.2) is 5.76 Å². The number of piperidine rings is 1. The third-order valence-electron chi connectivity index (χ3n) is 9.92. The molecule has 1 aliphatic heterocycles. The van der Waals surface area contributed by atoms with Gasteiger partial charge in [-0.05, 0) is 68.2 Å².